The summed E-state index contributed by atoms with van der Waals surface area (Å²) in [7, 11) is 0. The molecule has 0 aromatic heterocycles. The molecule has 28 heavy (non-hydrogen) atoms. The number of nitrogens with zero attached hydrogens (tertiary/aromatic N) is 1. The minimum absolute atomic E-state index is 0.00619. The van der Waals surface area contributed by atoms with Crippen LogP contribution in [0.25, 0.3) is 0 Å². The van der Waals surface area contributed by atoms with E-state index < -0.39 is 17.8 Å². The standard InChI is InChI=1S/C21H12BrNO5/c22-13-4-6-15(7-5-13)28-16-8-9-17-18(11-16)20(25)23(19(17)24)14-3-1-2-12(10-14)21(26)27/h1-11H,(H,26,27). The van der Waals surface area contributed by atoms with E-state index in [2.05, 4.69) is 15.9 Å². The summed E-state index contributed by atoms with van der Waals surface area (Å²) >= 11 is 3.35. The summed E-state index contributed by atoms with van der Waals surface area (Å²) in [5.74, 6) is -1.15. The van der Waals surface area contributed by atoms with E-state index in [4.69, 9.17) is 9.84 Å². The molecule has 0 fully saturated rings. The Morgan fingerprint density at radius 3 is 2.25 bits per heavy atom. The molecule has 0 saturated heterocycles. The van der Waals surface area contributed by atoms with Crippen LogP contribution in [0.5, 0.6) is 11.5 Å². The summed E-state index contributed by atoms with van der Waals surface area (Å²) < 4.78 is 6.66. The van der Waals surface area contributed by atoms with Crippen LogP contribution < -0.4 is 9.64 Å². The number of ether oxygens (including phenoxy) is 1. The average molecular weight is 438 g/mol. The van der Waals surface area contributed by atoms with E-state index >= 15 is 0 Å². The zero-order valence-electron chi connectivity index (χ0n) is 14.3. The zero-order chi connectivity index (χ0) is 19.8. The molecule has 2 amide bonds. The Balaban J connectivity index is 1.66. The average Bonchev–Trinajstić information content (AvgIpc) is 2.94. The van der Waals surface area contributed by atoms with Crippen molar-refractivity contribution >= 4 is 39.4 Å². The quantitative estimate of drug-likeness (QED) is 0.595. The second-order valence-electron chi connectivity index (χ2n) is 6.06. The maximum absolute atomic E-state index is 12.8. The maximum atomic E-state index is 12.8. The lowest BCUT2D eigenvalue weighted by molar-refractivity contribution is 0.0695. The molecule has 138 valence electrons. The van der Waals surface area contributed by atoms with Gasteiger partial charge in [0.15, 0.2) is 0 Å². The van der Waals surface area contributed by atoms with Crippen molar-refractivity contribution in [2.45, 2.75) is 0 Å². The van der Waals surface area contributed by atoms with Gasteiger partial charge in [-0.3, -0.25) is 9.59 Å². The number of rotatable bonds is 4. The molecule has 3 aromatic carbocycles. The highest BCUT2D eigenvalue weighted by Gasteiger charge is 2.37. The molecule has 0 bridgehead atoms. The number of hydrogen-bond acceptors (Lipinski definition) is 4. The second kappa shape index (κ2) is 6.94. The highest BCUT2D eigenvalue weighted by atomic mass is 79.9. The first-order valence-electron chi connectivity index (χ1n) is 8.23. The normalized spacial score (nSPS) is 12.8. The molecule has 1 N–H and O–H groups in total. The van der Waals surface area contributed by atoms with Gasteiger partial charge in [0, 0.05) is 4.47 Å². The first-order valence-corrected chi connectivity index (χ1v) is 9.03. The molecule has 0 spiro atoms. The van der Waals surface area contributed by atoms with Crippen LogP contribution in [0.3, 0.4) is 0 Å². The first kappa shape index (κ1) is 17.9. The largest absolute Gasteiger partial charge is 0.478 e. The third-order valence-electron chi connectivity index (χ3n) is 4.26. The van der Waals surface area contributed by atoms with Gasteiger partial charge in [0.1, 0.15) is 11.5 Å². The Bertz CT molecular complexity index is 1120. The lowest BCUT2D eigenvalue weighted by Gasteiger charge is -2.14. The summed E-state index contributed by atoms with van der Waals surface area (Å²) in [4.78, 5) is 37.7. The topological polar surface area (TPSA) is 83.9 Å². The van der Waals surface area contributed by atoms with Crippen molar-refractivity contribution in [3.05, 3.63) is 87.9 Å². The third-order valence-corrected chi connectivity index (χ3v) is 4.79. The van der Waals surface area contributed by atoms with E-state index in [9.17, 15) is 14.4 Å². The van der Waals surface area contributed by atoms with Gasteiger partial charge in [-0.1, -0.05) is 22.0 Å². The Morgan fingerprint density at radius 2 is 1.54 bits per heavy atom. The second-order valence-corrected chi connectivity index (χ2v) is 6.98. The number of carboxylic acid groups (broad SMARTS) is 1. The molecular formula is C21H12BrNO5. The van der Waals surface area contributed by atoms with Crippen LogP contribution in [0.4, 0.5) is 5.69 Å². The molecule has 4 rings (SSSR count). The van der Waals surface area contributed by atoms with Crippen LogP contribution >= 0.6 is 15.9 Å². The monoisotopic (exact) mass is 437 g/mol. The summed E-state index contributed by atoms with van der Waals surface area (Å²) in [6, 6.07) is 17.6. The van der Waals surface area contributed by atoms with Crippen molar-refractivity contribution in [3.63, 3.8) is 0 Å². The molecule has 0 aliphatic carbocycles. The van der Waals surface area contributed by atoms with E-state index in [0.29, 0.717) is 11.5 Å². The molecular weight excluding hydrogens is 426 g/mol. The van der Waals surface area contributed by atoms with Crippen molar-refractivity contribution in [2.75, 3.05) is 4.90 Å². The van der Waals surface area contributed by atoms with E-state index in [1.165, 1.54) is 36.4 Å². The number of hydrogen-bond donors (Lipinski definition) is 1. The molecule has 1 aliphatic rings. The van der Waals surface area contributed by atoms with Crippen LogP contribution in [-0.2, 0) is 0 Å². The van der Waals surface area contributed by atoms with Crippen molar-refractivity contribution < 1.29 is 24.2 Å². The number of amides is 2. The minimum Gasteiger partial charge on any atom is -0.478 e. The fourth-order valence-corrected chi connectivity index (χ4v) is 3.20. The maximum Gasteiger partial charge on any atom is 0.335 e. The third kappa shape index (κ3) is 3.16. The van der Waals surface area contributed by atoms with E-state index in [1.54, 1.807) is 18.2 Å². The lowest BCUT2D eigenvalue weighted by atomic mass is 10.1. The SMILES string of the molecule is O=C(O)c1cccc(N2C(=O)c3ccc(Oc4ccc(Br)cc4)cc3C2=O)c1. The van der Waals surface area contributed by atoms with Gasteiger partial charge in [-0.2, -0.15) is 0 Å². The predicted octanol–water partition coefficient (Wildman–Crippen LogP) is 4.74. The molecule has 0 unspecified atom stereocenters. The van der Waals surface area contributed by atoms with E-state index in [0.717, 1.165) is 9.37 Å². The first-order chi connectivity index (χ1) is 13.4. The lowest BCUT2D eigenvalue weighted by Crippen LogP contribution is -2.29. The number of halogens is 1. The van der Waals surface area contributed by atoms with Gasteiger partial charge in [-0.25, -0.2) is 9.69 Å². The van der Waals surface area contributed by atoms with Gasteiger partial charge in [0.05, 0.1) is 22.4 Å². The number of aromatic carboxylic acids is 1. The van der Waals surface area contributed by atoms with E-state index in [1.807, 2.05) is 12.1 Å². The van der Waals surface area contributed by atoms with Gasteiger partial charge < -0.3 is 9.84 Å². The number of carbonyl (C=O) groups is 3. The van der Waals surface area contributed by atoms with E-state index in [-0.39, 0.29) is 22.4 Å². The molecule has 3 aromatic rings. The molecule has 0 atom stereocenters. The molecule has 1 heterocycles. The van der Waals surface area contributed by atoms with Crippen molar-refractivity contribution in [3.8, 4) is 11.5 Å². The Hall–Kier alpha value is -3.45. The zero-order valence-corrected chi connectivity index (χ0v) is 15.8. The molecule has 0 saturated carbocycles. The van der Waals surface area contributed by atoms with Crippen molar-refractivity contribution in [2.24, 2.45) is 0 Å². The summed E-state index contributed by atoms with van der Waals surface area (Å²) in [5.41, 5.74) is 0.656. The van der Waals surface area contributed by atoms with Gasteiger partial charge in [-0.15, -0.1) is 0 Å². The molecule has 1 aliphatic heterocycles. The number of carbonyl (C=O) groups excluding carboxylic acids is 2. The Morgan fingerprint density at radius 1 is 0.857 bits per heavy atom. The number of carboxylic acids is 1. The molecule has 7 heteroatoms. The smallest absolute Gasteiger partial charge is 0.335 e. The van der Waals surface area contributed by atoms with Crippen LogP contribution in [0.2, 0.25) is 0 Å². The van der Waals surface area contributed by atoms with Crippen LogP contribution in [-0.4, -0.2) is 22.9 Å². The van der Waals surface area contributed by atoms with Gasteiger partial charge in [0.2, 0.25) is 0 Å². The minimum atomic E-state index is -1.14. The van der Waals surface area contributed by atoms with Crippen LogP contribution in [0.1, 0.15) is 31.1 Å². The number of fused-ring (bicyclic) bond motifs is 1. The number of benzene rings is 3. The Labute approximate surface area is 168 Å². The summed E-state index contributed by atoms with van der Waals surface area (Å²) in [6.45, 7) is 0. The highest BCUT2D eigenvalue weighted by Crippen LogP contribution is 2.32. The van der Waals surface area contributed by atoms with Crippen molar-refractivity contribution in [1.82, 2.24) is 0 Å². The molecule has 0 radical (unpaired) electrons. The summed E-state index contributed by atoms with van der Waals surface area (Å²) in [5, 5.41) is 9.14. The fourth-order valence-electron chi connectivity index (χ4n) is 2.93. The van der Waals surface area contributed by atoms with Crippen LogP contribution in [0.15, 0.2) is 71.2 Å². The number of imide groups is 1. The van der Waals surface area contributed by atoms with Crippen LogP contribution in [0, 0.1) is 0 Å². The Kier molecular flexibility index (Phi) is 4.44. The highest BCUT2D eigenvalue weighted by molar-refractivity contribution is 9.10. The summed E-state index contributed by atoms with van der Waals surface area (Å²) in [6.07, 6.45) is 0. The van der Waals surface area contributed by atoms with Gasteiger partial charge in [0.25, 0.3) is 11.8 Å². The fraction of sp³-hybridized carbons (Fsp3) is 0. The molecule has 6 nitrogen and oxygen atoms in total. The van der Waals surface area contributed by atoms with Crippen molar-refractivity contribution in [1.29, 1.82) is 0 Å². The number of anilines is 1. The predicted molar refractivity (Wildman–Crippen MR) is 105 cm³/mol. The van der Waals surface area contributed by atoms with Gasteiger partial charge >= 0.3 is 5.97 Å². The van der Waals surface area contributed by atoms with Gasteiger partial charge in [-0.05, 0) is 60.7 Å².